The molecule has 2 fully saturated rings. The highest BCUT2D eigenvalue weighted by Gasteiger charge is 2.28. The summed E-state index contributed by atoms with van der Waals surface area (Å²) in [4.78, 5) is 14.6. The molecule has 1 saturated heterocycles. The molecule has 110 valence electrons. The molecule has 6 heteroatoms. The predicted molar refractivity (Wildman–Crippen MR) is 80.2 cm³/mol. The van der Waals surface area contributed by atoms with Gasteiger partial charge in [0, 0.05) is 25.7 Å². The highest BCUT2D eigenvalue weighted by Crippen LogP contribution is 2.31. The minimum absolute atomic E-state index is 0.0781. The molecule has 1 aromatic heterocycles. The smallest absolute Gasteiger partial charge is 0.291 e. The van der Waals surface area contributed by atoms with E-state index in [-0.39, 0.29) is 11.6 Å². The van der Waals surface area contributed by atoms with Gasteiger partial charge in [-0.2, -0.15) is 5.10 Å². The molecule has 0 aromatic carbocycles. The van der Waals surface area contributed by atoms with E-state index >= 15 is 0 Å². The highest BCUT2D eigenvalue weighted by molar-refractivity contribution is 6.33. The number of anilines is 1. The van der Waals surface area contributed by atoms with Crippen LogP contribution in [0.2, 0.25) is 5.02 Å². The van der Waals surface area contributed by atoms with Crippen molar-refractivity contribution in [2.75, 3.05) is 18.0 Å². The lowest BCUT2D eigenvalue weighted by Gasteiger charge is -2.36. The maximum Gasteiger partial charge on any atom is 0.291 e. The van der Waals surface area contributed by atoms with Crippen molar-refractivity contribution in [1.82, 2.24) is 9.78 Å². The summed E-state index contributed by atoms with van der Waals surface area (Å²) in [6.45, 7) is 4.38. The zero-order chi connectivity index (χ0) is 14.3. The Hall–Kier alpha value is -1.07. The number of nitrogens with two attached hydrogens (primary N) is 1. The van der Waals surface area contributed by atoms with Crippen LogP contribution in [0.4, 0.5) is 5.69 Å². The lowest BCUT2D eigenvalue weighted by molar-refractivity contribution is 0.399. The number of hydrogen-bond acceptors (Lipinski definition) is 4. The van der Waals surface area contributed by atoms with Gasteiger partial charge in [-0.3, -0.25) is 4.79 Å². The van der Waals surface area contributed by atoms with E-state index in [1.54, 1.807) is 10.9 Å². The minimum atomic E-state index is -0.0781. The van der Waals surface area contributed by atoms with Gasteiger partial charge in [0.2, 0.25) is 0 Å². The average Bonchev–Trinajstić information content (AvgIpc) is 3.16. The predicted octanol–water partition coefficient (Wildman–Crippen LogP) is 1.48. The summed E-state index contributed by atoms with van der Waals surface area (Å²) < 4.78 is 1.56. The Morgan fingerprint density at radius 2 is 2.20 bits per heavy atom. The summed E-state index contributed by atoms with van der Waals surface area (Å²) in [5.41, 5.74) is 6.57. The summed E-state index contributed by atoms with van der Waals surface area (Å²) in [5.74, 6) is 1.08. The lowest BCUT2D eigenvalue weighted by atomic mass is 9.96. The molecule has 20 heavy (non-hydrogen) atoms. The van der Waals surface area contributed by atoms with Gasteiger partial charge in [0.15, 0.2) is 0 Å². The Balaban J connectivity index is 1.92. The molecule has 2 unspecified atom stereocenters. The number of aromatic nitrogens is 2. The van der Waals surface area contributed by atoms with Gasteiger partial charge in [-0.25, -0.2) is 4.68 Å². The van der Waals surface area contributed by atoms with E-state index in [1.807, 2.05) is 4.90 Å². The molecule has 2 heterocycles. The molecule has 5 nitrogen and oxygen atoms in total. The molecule has 0 spiro atoms. The molecule has 2 N–H and O–H groups in total. The number of hydrogen-bond donors (Lipinski definition) is 1. The first-order valence-corrected chi connectivity index (χ1v) is 7.68. The molecule has 2 atom stereocenters. The van der Waals surface area contributed by atoms with Crippen LogP contribution in [0.15, 0.2) is 11.0 Å². The second kappa shape index (κ2) is 5.37. The van der Waals surface area contributed by atoms with Crippen LogP contribution in [0.5, 0.6) is 0 Å². The first kappa shape index (κ1) is 13.9. The van der Waals surface area contributed by atoms with Crippen molar-refractivity contribution in [3.05, 3.63) is 21.6 Å². The fraction of sp³-hybridized carbons (Fsp3) is 0.714. The number of halogens is 1. The fourth-order valence-corrected chi connectivity index (χ4v) is 3.25. The van der Waals surface area contributed by atoms with Gasteiger partial charge in [0.05, 0.1) is 11.2 Å². The van der Waals surface area contributed by atoms with Crippen molar-refractivity contribution in [1.29, 1.82) is 0 Å². The molecule has 1 aliphatic carbocycles. The van der Waals surface area contributed by atoms with Crippen LogP contribution < -0.4 is 16.2 Å². The fourth-order valence-electron chi connectivity index (χ4n) is 3.00. The van der Waals surface area contributed by atoms with Crippen molar-refractivity contribution in [3.8, 4) is 0 Å². The molecule has 0 radical (unpaired) electrons. The van der Waals surface area contributed by atoms with E-state index in [9.17, 15) is 4.79 Å². The number of nitrogens with zero attached hydrogens (tertiary/aromatic N) is 3. The van der Waals surface area contributed by atoms with Crippen LogP contribution in [0, 0.1) is 11.8 Å². The summed E-state index contributed by atoms with van der Waals surface area (Å²) in [5, 5.41) is 4.60. The Morgan fingerprint density at radius 1 is 1.45 bits per heavy atom. The third kappa shape index (κ3) is 2.83. The monoisotopic (exact) mass is 296 g/mol. The SMILES string of the molecule is CC1CC(N)CN(c2c(Cl)cnn(CC3CC3)c2=O)C1. The standard InChI is InChI=1S/C14H21ClN4O/c1-9-4-11(16)8-18(6-9)13-12(15)5-17-19(14(13)20)7-10-2-3-10/h5,9-11H,2-4,6-8,16H2,1H3. The van der Waals surface area contributed by atoms with Gasteiger partial charge in [0.25, 0.3) is 5.56 Å². The Morgan fingerprint density at radius 3 is 2.85 bits per heavy atom. The van der Waals surface area contributed by atoms with E-state index in [2.05, 4.69) is 12.0 Å². The summed E-state index contributed by atoms with van der Waals surface area (Å²) >= 11 is 6.22. The van der Waals surface area contributed by atoms with Crippen molar-refractivity contribution < 1.29 is 0 Å². The van der Waals surface area contributed by atoms with E-state index in [4.69, 9.17) is 17.3 Å². The molecule has 1 aliphatic heterocycles. The minimum Gasteiger partial charge on any atom is -0.364 e. The van der Waals surface area contributed by atoms with E-state index < -0.39 is 0 Å². The average molecular weight is 297 g/mol. The van der Waals surface area contributed by atoms with Crippen molar-refractivity contribution in [3.63, 3.8) is 0 Å². The molecule has 2 aliphatic rings. The Kier molecular flexibility index (Phi) is 3.73. The summed E-state index contributed by atoms with van der Waals surface area (Å²) in [6, 6.07) is 0.0965. The second-order valence-electron chi connectivity index (χ2n) is 6.28. The zero-order valence-corrected chi connectivity index (χ0v) is 12.5. The largest absolute Gasteiger partial charge is 0.364 e. The topological polar surface area (TPSA) is 64.2 Å². The normalized spacial score (nSPS) is 26.9. The molecule has 1 aromatic rings. The maximum absolute atomic E-state index is 12.6. The number of rotatable bonds is 3. The third-order valence-corrected chi connectivity index (χ3v) is 4.39. The Labute approximate surface area is 123 Å². The number of piperidine rings is 1. The van der Waals surface area contributed by atoms with Gasteiger partial charge in [0.1, 0.15) is 5.69 Å². The van der Waals surface area contributed by atoms with Crippen molar-refractivity contribution >= 4 is 17.3 Å². The maximum atomic E-state index is 12.6. The Bertz CT molecular complexity index is 545. The van der Waals surface area contributed by atoms with Gasteiger partial charge in [-0.05, 0) is 31.1 Å². The van der Waals surface area contributed by atoms with Crippen LogP contribution in [0.1, 0.15) is 26.2 Å². The summed E-state index contributed by atoms with van der Waals surface area (Å²) in [7, 11) is 0. The van der Waals surface area contributed by atoms with Crippen molar-refractivity contribution in [2.45, 2.75) is 38.8 Å². The van der Waals surface area contributed by atoms with Crippen LogP contribution in [0.3, 0.4) is 0 Å². The first-order chi connectivity index (χ1) is 9.54. The van der Waals surface area contributed by atoms with Gasteiger partial charge in [-0.1, -0.05) is 18.5 Å². The second-order valence-corrected chi connectivity index (χ2v) is 6.68. The van der Waals surface area contributed by atoms with Crippen LogP contribution in [-0.4, -0.2) is 28.9 Å². The van der Waals surface area contributed by atoms with Gasteiger partial charge < -0.3 is 10.6 Å². The van der Waals surface area contributed by atoms with Crippen LogP contribution in [-0.2, 0) is 6.54 Å². The molecule has 1 saturated carbocycles. The van der Waals surface area contributed by atoms with Gasteiger partial charge >= 0.3 is 0 Å². The molecule has 0 bridgehead atoms. The van der Waals surface area contributed by atoms with E-state index in [0.29, 0.717) is 35.6 Å². The molecule has 0 amide bonds. The van der Waals surface area contributed by atoms with Crippen LogP contribution in [0.25, 0.3) is 0 Å². The highest BCUT2D eigenvalue weighted by atomic mass is 35.5. The first-order valence-electron chi connectivity index (χ1n) is 7.30. The molecular weight excluding hydrogens is 276 g/mol. The molecule has 3 rings (SSSR count). The van der Waals surface area contributed by atoms with Crippen molar-refractivity contribution in [2.24, 2.45) is 17.6 Å². The lowest BCUT2D eigenvalue weighted by Crippen LogP contribution is -2.48. The van der Waals surface area contributed by atoms with E-state index in [1.165, 1.54) is 12.8 Å². The van der Waals surface area contributed by atoms with Gasteiger partial charge in [-0.15, -0.1) is 0 Å². The quantitative estimate of drug-likeness (QED) is 0.918. The van der Waals surface area contributed by atoms with E-state index in [0.717, 1.165) is 13.0 Å². The summed E-state index contributed by atoms with van der Waals surface area (Å²) in [6.07, 6.45) is 4.97. The van der Waals surface area contributed by atoms with Crippen LogP contribution >= 0.6 is 11.6 Å². The zero-order valence-electron chi connectivity index (χ0n) is 11.8. The third-order valence-electron chi connectivity index (χ3n) is 4.11. The molecular formula is C14H21ClN4O.